The van der Waals surface area contributed by atoms with E-state index >= 15 is 0 Å². The van der Waals surface area contributed by atoms with Crippen LogP contribution in [0.2, 0.25) is 0 Å². The average Bonchev–Trinajstić information content (AvgIpc) is 2.19. The van der Waals surface area contributed by atoms with Crippen LogP contribution in [0.25, 0.3) is 0 Å². The second-order valence-electron chi connectivity index (χ2n) is 5.15. The molecule has 0 spiro atoms. The molecule has 3 N–H and O–H groups in total. The molecule has 1 heterocycles. The maximum absolute atomic E-state index is 5.79. The maximum atomic E-state index is 5.79. The quantitative estimate of drug-likeness (QED) is 0.802. The lowest BCUT2D eigenvalue weighted by molar-refractivity contribution is 0.303. The highest BCUT2D eigenvalue weighted by Gasteiger charge is 2.17. The zero-order valence-electron chi connectivity index (χ0n) is 11.1. The first-order valence-electron chi connectivity index (χ1n) is 6.60. The fraction of sp³-hybridized carbons (Fsp3) is 0.571. The lowest BCUT2D eigenvalue weighted by Gasteiger charge is -2.25. The molecule has 3 nitrogen and oxygen atoms in total. The van der Waals surface area contributed by atoms with Crippen LogP contribution in [-0.4, -0.2) is 16.5 Å². The van der Waals surface area contributed by atoms with Gasteiger partial charge < -0.3 is 11.1 Å². The topological polar surface area (TPSA) is 50.9 Å². The van der Waals surface area contributed by atoms with E-state index in [1.54, 1.807) is 0 Å². The number of rotatable bonds is 5. The highest BCUT2D eigenvalue weighted by molar-refractivity contribution is 7.80. The number of nitrogens with one attached hydrogen (secondary N) is 1. The van der Waals surface area contributed by atoms with E-state index in [0.29, 0.717) is 4.99 Å². The highest BCUT2D eigenvalue weighted by Crippen LogP contribution is 2.29. The van der Waals surface area contributed by atoms with Crippen LogP contribution in [-0.2, 0) is 0 Å². The number of hydrogen-bond acceptors (Lipinski definition) is 3. The molecular formula is C14H21N3S. The monoisotopic (exact) mass is 263 g/mol. The number of nitrogens with two attached hydrogens (primary N) is 1. The van der Waals surface area contributed by atoms with Gasteiger partial charge in [-0.3, -0.25) is 4.98 Å². The minimum atomic E-state index is 0.422. The Morgan fingerprint density at radius 2 is 2.22 bits per heavy atom. The molecule has 0 unspecified atom stereocenters. The molecule has 0 radical (unpaired) electrons. The van der Waals surface area contributed by atoms with Crippen molar-refractivity contribution in [3.63, 3.8) is 0 Å². The fourth-order valence-electron chi connectivity index (χ4n) is 2.47. The zero-order valence-corrected chi connectivity index (χ0v) is 11.9. The molecule has 0 saturated heterocycles. The summed E-state index contributed by atoms with van der Waals surface area (Å²) >= 11 is 5.11. The minimum Gasteiger partial charge on any atom is -0.389 e. The van der Waals surface area contributed by atoms with Gasteiger partial charge in [-0.2, -0.15) is 0 Å². The van der Waals surface area contributed by atoms with E-state index in [0.717, 1.165) is 35.1 Å². The molecule has 0 atom stereocenters. The van der Waals surface area contributed by atoms with Crippen LogP contribution in [0, 0.1) is 19.8 Å². The number of anilines is 1. The standard InChI is InChI=1S/C14H21N3S/c1-9-8-12(13(14(15)18)10(2)17-9)16-7-6-11-4-3-5-11/h8,11H,3-7H2,1-2H3,(H2,15,18)(H,16,17). The van der Waals surface area contributed by atoms with Crippen molar-refractivity contribution in [1.29, 1.82) is 0 Å². The van der Waals surface area contributed by atoms with Gasteiger partial charge in [-0.1, -0.05) is 31.5 Å². The van der Waals surface area contributed by atoms with Crippen LogP contribution in [0.1, 0.15) is 42.6 Å². The smallest absolute Gasteiger partial charge is 0.107 e. The SMILES string of the molecule is Cc1cc(NCCC2CCC2)c(C(N)=S)c(C)n1. The molecule has 1 fully saturated rings. The predicted molar refractivity (Wildman–Crippen MR) is 80.0 cm³/mol. The van der Waals surface area contributed by atoms with Gasteiger partial charge in [0.1, 0.15) is 4.99 Å². The van der Waals surface area contributed by atoms with Crippen molar-refractivity contribution in [2.75, 3.05) is 11.9 Å². The summed E-state index contributed by atoms with van der Waals surface area (Å²) in [6.07, 6.45) is 5.41. The van der Waals surface area contributed by atoms with Crippen molar-refractivity contribution in [2.24, 2.45) is 11.7 Å². The Morgan fingerprint density at radius 3 is 2.78 bits per heavy atom. The van der Waals surface area contributed by atoms with Gasteiger partial charge >= 0.3 is 0 Å². The number of pyridine rings is 1. The highest BCUT2D eigenvalue weighted by atomic mass is 32.1. The molecule has 2 rings (SSSR count). The Hall–Kier alpha value is -1.16. The molecule has 1 aromatic heterocycles. The van der Waals surface area contributed by atoms with E-state index in [1.807, 2.05) is 19.9 Å². The zero-order chi connectivity index (χ0) is 13.1. The number of nitrogens with zero attached hydrogens (tertiary/aromatic N) is 1. The normalized spacial score (nSPS) is 15.2. The molecule has 4 heteroatoms. The van der Waals surface area contributed by atoms with Gasteiger partial charge in [0, 0.05) is 23.6 Å². The average molecular weight is 263 g/mol. The van der Waals surface area contributed by atoms with Gasteiger partial charge in [-0.15, -0.1) is 0 Å². The molecule has 0 amide bonds. The summed E-state index contributed by atoms with van der Waals surface area (Å²) in [5, 5.41) is 3.47. The summed E-state index contributed by atoms with van der Waals surface area (Å²) in [6, 6.07) is 2.03. The summed E-state index contributed by atoms with van der Waals surface area (Å²) in [5.74, 6) is 0.912. The van der Waals surface area contributed by atoms with Crippen molar-refractivity contribution in [3.05, 3.63) is 23.0 Å². The lowest BCUT2D eigenvalue weighted by atomic mass is 9.83. The van der Waals surface area contributed by atoms with Crippen LogP contribution < -0.4 is 11.1 Å². The number of thiocarbonyl (C=S) groups is 1. The van der Waals surface area contributed by atoms with Crippen molar-refractivity contribution in [2.45, 2.75) is 39.5 Å². The molecule has 1 aromatic rings. The van der Waals surface area contributed by atoms with Crippen molar-refractivity contribution < 1.29 is 0 Å². The molecule has 1 aliphatic rings. The molecule has 1 aliphatic carbocycles. The third kappa shape index (κ3) is 2.99. The van der Waals surface area contributed by atoms with Gasteiger partial charge in [0.25, 0.3) is 0 Å². The third-order valence-electron chi connectivity index (χ3n) is 3.67. The summed E-state index contributed by atoms with van der Waals surface area (Å²) in [4.78, 5) is 4.84. The van der Waals surface area contributed by atoms with Gasteiger partial charge in [-0.05, 0) is 32.3 Å². The summed E-state index contributed by atoms with van der Waals surface area (Å²) in [7, 11) is 0. The van der Waals surface area contributed by atoms with E-state index in [-0.39, 0.29) is 0 Å². The first-order valence-corrected chi connectivity index (χ1v) is 7.00. The van der Waals surface area contributed by atoms with Crippen molar-refractivity contribution in [3.8, 4) is 0 Å². The Morgan fingerprint density at radius 1 is 1.50 bits per heavy atom. The molecule has 0 bridgehead atoms. The van der Waals surface area contributed by atoms with Gasteiger partial charge in [-0.25, -0.2) is 0 Å². The number of aromatic nitrogens is 1. The van der Waals surface area contributed by atoms with Crippen LogP contribution in [0.5, 0.6) is 0 Å². The Balaban J connectivity index is 2.07. The molecule has 1 saturated carbocycles. The molecular weight excluding hydrogens is 242 g/mol. The van der Waals surface area contributed by atoms with Crippen LogP contribution in [0.4, 0.5) is 5.69 Å². The van der Waals surface area contributed by atoms with Crippen LogP contribution in [0.15, 0.2) is 6.07 Å². The van der Waals surface area contributed by atoms with E-state index in [9.17, 15) is 0 Å². The third-order valence-corrected chi connectivity index (χ3v) is 3.87. The molecule has 98 valence electrons. The fourth-order valence-corrected chi connectivity index (χ4v) is 2.73. The van der Waals surface area contributed by atoms with Gasteiger partial charge in [0.15, 0.2) is 0 Å². The molecule has 18 heavy (non-hydrogen) atoms. The Bertz CT molecular complexity index is 453. The second kappa shape index (κ2) is 5.65. The number of aryl methyl sites for hydroxylation is 2. The van der Waals surface area contributed by atoms with E-state index in [1.165, 1.54) is 25.7 Å². The van der Waals surface area contributed by atoms with Gasteiger partial charge in [0.05, 0.1) is 5.56 Å². The number of hydrogen-bond donors (Lipinski definition) is 2. The largest absolute Gasteiger partial charge is 0.389 e. The first kappa shape index (κ1) is 13.3. The van der Waals surface area contributed by atoms with Crippen molar-refractivity contribution >= 4 is 22.9 Å². The minimum absolute atomic E-state index is 0.422. The maximum Gasteiger partial charge on any atom is 0.107 e. The molecule has 0 aliphatic heterocycles. The lowest BCUT2D eigenvalue weighted by Crippen LogP contribution is -2.19. The summed E-state index contributed by atoms with van der Waals surface area (Å²) < 4.78 is 0. The predicted octanol–water partition coefficient (Wildman–Crippen LogP) is 2.93. The van der Waals surface area contributed by atoms with E-state index in [4.69, 9.17) is 18.0 Å². The van der Waals surface area contributed by atoms with Gasteiger partial charge in [0.2, 0.25) is 0 Å². The van der Waals surface area contributed by atoms with Crippen LogP contribution in [0.3, 0.4) is 0 Å². The Labute approximate surface area is 114 Å². The van der Waals surface area contributed by atoms with E-state index in [2.05, 4.69) is 10.3 Å². The summed E-state index contributed by atoms with van der Waals surface area (Å²) in [5.41, 5.74) is 9.62. The van der Waals surface area contributed by atoms with Crippen molar-refractivity contribution in [1.82, 2.24) is 4.98 Å². The second-order valence-corrected chi connectivity index (χ2v) is 5.59. The Kier molecular flexibility index (Phi) is 4.17. The molecule has 0 aromatic carbocycles. The van der Waals surface area contributed by atoms with Crippen LogP contribution >= 0.6 is 12.2 Å². The van der Waals surface area contributed by atoms with E-state index < -0.39 is 0 Å². The first-order chi connectivity index (χ1) is 8.58. The summed E-state index contributed by atoms with van der Waals surface area (Å²) in [6.45, 7) is 4.94.